The van der Waals surface area contributed by atoms with Gasteiger partial charge in [-0.3, -0.25) is 0 Å². The van der Waals surface area contributed by atoms with Crippen molar-refractivity contribution in [3.05, 3.63) is 28.8 Å². The summed E-state index contributed by atoms with van der Waals surface area (Å²) in [5.74, 6) is -0.191. The van der Waals surface area contributed by atoms with Gasteiger partial charge in [0.2, 0.25) is 0 Å². The number of hydrogen-bond acceptors (Lipinski definition) is 3. The molecule has 1 aromatic rings. The number of anilines is 1. The third-order valence-corrected chi connectivity index (χ3v) is 5.85. The molecule has 0 unspecified atom stereocenters. The van der Waals surface area contributed by atoms with E-state index in [1.807, 2.05) is 0 Å². The average Bonchev–Trinajstić information content (AvgIpc) is 2.28. The van der Waals surface area contributed by atoms with E-state index in [1.54, 1.807) is 20.8 Å². The van der Waals surface area contributed by atoms with Crippen LogP contribution in [0.4, 0.5) is 18.9 Å². The standard InChI is InChI=1S/C13H17ClF3NO2S/c1-12(2,3)21(19,20)7-6-18-11-8-9(13(15,16)17)4-5-10(11)14/h4-5,8,18H,6-7H2,1-3H3. The maximum Gasteiger partial charge on any atom is 0.416 e. The van der Waals surface area contributed by atoms with Crippen molar-refractivity contribution in [2.75, 3.05) is 17.6 Å². The molecule has 0 spiro atoms. The fourth-order valence-electron chi connectivity index (χ4n) is 1.46. The van der Waals surface area contributed by atoms with Gasteiger partial charge in [-0.25, -0.2) is 8.42 Å². The smallest absolute Gasteiger partial charge is 0.383 e. The largest absolute Gasteiger partial charge is 0.416 e. The van der Waals surface area contributed by atoms with Crippen molar-refractivity contribution in [1.29, 1.82) is 0 Å². The van der Waals surface area contributed by atoms with Gasteiger partial charge in [-0.1, -0.05) is 11.6 Å². The molecule has 0 saturated heterocycles. The average molecular weight is 344 g/mol. The molecule has 0 aromatic heterocycles. The molecule has 0 fully saturated rings. The minimum atomic E-state index is -4.47. The highest BCUT2D eigenvalue weighted by molar-refractivity contribution is 7.92. The molecule has 0 bridgehead atoms. The Morgan fingerprint density at radius 2 is 1.76 bits per heavy atom. The summed E-state index contributed by atoms with van der Waals surface area (Å²) in [6, 6.07) is 2.87. The van der Waals surface area contributed by atoms with Gasteiger partial charge in [-0.2, -0.15) is 13.2 Å². The molecule has 0 saturated carbocycles. The van der Waals surface area contributed by atoms with Crippen molar-refractivity contribution < 1.29 is 21.6 Å². The molecule has 0 aliphatic heterocycles. The van der Waals surface area contributed by atoms with Crippen LogP contribution in [0.3, 0.4) is 0 Å². The van der Waals surface area contributed by atoms with Gasteiger partial charge in [0.15, 0.2) is 9.84 Å². The number of hydrogen-bond donors (Lipinski definition) is 1. The molecular weight excluding hydrogens is 327 g/mol. The number of nitrogens with one attached hydrogen (secondary N) is 1. The molecule has 0 aliphatic rings. The van der Waals surface area contributed by atoms with Crippen LogP contribution in [0.1, 0.15) is 26.3 Å². The van der Waals surface area contributed by atoms with E-state index in [-0.39, 0.29) is 23.0 Å². The van der Waals surface area contributed by atoms with E-state index in [1.165, 1.54) is 0 Å². The molecule has 0 heterocycles. The molecule has 21 heavy (non-hydrogen) atoms. The van der Waals surface area contributed by atoms with E-state index in [0.29, 0.717) is 0 Å². The number of rotatable bonds is 4. The Bertz CT molecular complexity index is 607. The topological polar surface area (TPSA) is 46.2 Å². The number of alkyl halides is 3. The fourth-order valence-corrected chi connectivity index (χ4v) is 2.63. The van der Waals surface area contributed by atoms with Crippen LogP contribution in [-0.2, 0) is 16.0 Å². The minimum absolute atomic E-state index is 0.0133. The van der Waals surface area contributed by atoms with Gasteiger partial charge in [0.05, 0.1) is 26.8 Å². The molecule has 8 heteroatoms. The quantitative estimate of drug-likeness (QED) is 0.899. The maximum atomic E-state index is 12.6. The molecule has 0 radical (unpaired) electrons. The first-order valence-corrected chi connectivity index (χ1v) is 8.20. The summed E-state index contributed by atoms with van der Waals surface area (Å²) < 4.78 is 60.7. The zero-order valence-corrected chi connectivity index (χ0v) is 13.5. The second kappa shape index (κ2) is 6.04. The highest BCUT2D eigenvalue weighted by Gasteiger charge is 2.31. The summed E-state index contributed by atoms with van der Waals surface area (Å²) in [6.07, 6.45) is -4.47. The second-order valence-electron chi connectivity index (χ2n) is 5.55. The Balaban J connectivity index is 2.82. The van der Waals surface area contributed by atoms with E-state index in [2.05, 4.69) is 5.32 Å². The van der Waals surface area contributed by atoms with Crippen molar-refractivity contribution in [3.63, 3.8) is 0 Å². The number of sulfone groups is 1. The van der Waals surface area contributed by atoms with Crippen LogP contribution in [0, 0.1) is 0 Å². The van der Waals surface area contributed by atoms with Crippen LogP contribution in [0.25, 0.3) is 0 Å². The summed E-state index contributed by atoms with van der Waals surface area (Å²) in [5, 5.41) is 2.75. The lowest BCUT2D eigenvalue weighted by atomic mass is 10.2. The highest BCUT2D eigenvalue weighted by Crippen LogP contribution is 2.33. The van der Waals surface area contributed by atoms with Crippen molar-refractivity contribution in [3.8, 4) is 0 Å². The summed E-state index contributed by atoms with van der Waals surface area (Å²) in [7, 11) is -3.35. The first-order valence-electron chi connectivity index (χ1n) is 6.17. The lowest BCUT2D eigenvalue weighted by molar-refractivity contribution is -0.137. The fraction of sp³-hybridized carbons (Fsp3) is 0.538. The normalized spacial score (nSPS) is 13.3. The summed E-state index contributed by atoms with van der Waals surface area (Å²) in [6.45, 7) is 4.69. The molecule has 0 aliphatic carbocycles. The van der Waals surface area contributed by atoms with Crippen LogP contribution in [-0.4, -0.2) is 25.5 Å². The third kappa shape index (κ3) is 4.78. The Hall–Kier alpha value is -0.950. The lowest BCUT2D eigenvalue weighted by Crippen LogP contribution is -2.32. The monoisotopic (exact) mass is 343 g/mol. The summed E-state index contributed by atoms with van der Waals surface area (Å²) in [4.78, 5) is 0. The molecule has 120 valence electrons. The van der Waals surface area contributed by atoms with E-state index in [4.69, 9.17) is 11.6 Å². The second-order valence-corrected chi connectivity index (χ2v) is 8.82. The van der Waals surface area contributed by atoms with Gasteiger partial charge in [-0.15, -0.1) is 0 Å². The molecule has 1 rings (SSSR count). The van der Waals surface area contributed by atoms with Crippen LogP contribution in [0.5, 0.6) is 0 Å². The SMILES string of the molecule is CC(C)(C)S(=O)(=O)CCNc1cc(C(F)(F)F)ccc1Cl. The Kier molecular flexibility index (Phi) is 5.21. The van der Waals surface area contributed by atoms with Crippen molar-refractivity contribution >= 4 is 27.1 Å². The van der Waals surface area contributed by atoms with Gasteiger partial charge < -0.3 is 5.32 Å². The van der Waals surface area contributed by atoms with Gasteiger partial charge in [0.25, 0.3) is 0 Å². The molecule has 0 amide bonds. The van der Waals surface area contributed by atoms with E-state index in [0.717, 1.165) is 18.2 Å². The van der Waals surface area contributed by atoms with Crippen LogP contribution < -0.4 is 5.32 Å². The van der Waals surface area contributed by atoms with Crippen LogP contribution in [0.15, 0.2) is 18.2 Å². The Morgan fingerprint density at radius 1 is 1.19 bits per heavy atom. The predicted molar refractivity (Wildman–Crippen MR) is 78.5 cm³/mol. The van der Waals surface area contributed by atoms with Crippen molar-refractivity contribution in [1.82, 2.24) is 0 Å². The molecule has 0 atom stereocenters. The van der Waals surface area contributed by atoms with E-state index < -0.39 is 26.3 Å². The van der Waals surface area contributed by atoms with E-state index >= 15 is 0 Å². The summed E-state index contributed by atoms with van der Waals surface area (Å²) >= 11 is 5.81. The van der Waals surface area contributed by atoms with Gasteiger partial charge in [0.1, 0.15) is 0 Å². The molecule has 1 N–H and O–H groups in total. The van der Waals surface area contributed by atoms with Crippen molar-refractivity contribution in [2.24, 2.45) is 0 Å². The third-order valence-electron chi connectivity index (χ3n) is 2.91. The zero-order chi connectivity index (χ0) is 16.5. The maximum absolute atomic E-state index is 12.6. The molecular formula is C13H17ClF3NO2S. The summed E-state index contributed by atoms with van der Waals surface area (Å²) in [5.41, 5.74) is -0.774. The number of benzene rings is 1. The predicted octanol–water partition coefficient (Wildman–Crippen LogP) is 3.98. The van der Waals surface area contributed by atoms with Crippen LogP contribution in [0.2, 0.25) is 5.02 Å². The molecule has 3 nitrogen and oxygen atoms in total. The Morgan fingerprint density at radius 3 is 2.24 bits per heavy atom. The minimum Gasteiger partial charge on any atom is -0.383 e. The first-order chi connectivity index (χ1) is 9.34. The van der Waals surface area contributed by atoms with Gasteiger partial charge >= 0.3 is 6.18 Å². The zero-order valence-electron chi connectivity index (χ0n) is 11.9. The Labute approximate surface area is 127 Å². The van der Waals surface area contributed by atoms with Crippen molar-refractivity contribution in [2.45, 2.75) is 31.7 Å². The van der Waals surface area contributed by atoms with Crippen LogP contribution >= 0.6 is 11.6 Å². The first kappa shape index (κ1) is 18.1. The van der Waals surface area contributed by atoms with Gasteiger partial charge in [-0.05, 0) is 39.0 Å². The number of halogens is 4. The highest BCUT2D eigenvalue weighted by atomic mass is 35.5. The van der Waals surface area contributed by atoms with E-state index in [9.17, 15) is 21.6 Å². The lowest BCUT2D eigenvalue weighted by Gasteiger charge is -2.19. The molecule has 1 aromatic carbocycles. The van der Waals surface area contributed by atoms with Gasteiger partial charge in [0, 0.05) is 6.54 Å².